The predicted molar refractivity (Wildman–Crippen MR) is 47.6 cm³/mol. The van der Waals surface area contributed by atoms with Crippen LogP contribution in [-0.2, 0) is 19.0 Å². The molecule has 1 spiro atoms. The third kappa shape index (κ3) is 1.32. The molecule has 0 radical (unpaired) electrons. The van der Waals surface area contributed by atoms with Gasteiger partial charge in [-0.05, 0) is 6.92 Å². The highest BCUT2D eigenvalue weighted by Gasteiger charge is 2.58. The van der Waals surface area contributed by atoms with Crippen molar-refractivity contribution in [2.24, 2.45) is 11.7 Å². The Morgan fingerprint density at radius 3 is 2.86 bits per heavy atom. The summed E-state index contributed by atoms with van der Waals surface area (Å²) < 4.78 is 15.6. The molecule has 2 aliphatic heterocycles. The number of esters is 1. The summed E-state index contributed by atoms with van der Waals surface area (Å²) >= 11 is 0. The zero-order valence-corrected chi connectivity index (χ0v) is 8.19. The molecule has 2 saturated heterocycles. The molecule has 2 atom stereocenters. The summed E-state index contributed by atoms with van der Waals surface area (Å²) in [5, 5.41) is 0. The van der Waals surface area contributed by atoms with Crippen LogP contribution in [0.25, 0.3) is 0 Å². The van der Waals surface area contributed by atoms with E-state index in [2.05, 4.69) is 0 Å². The molecule has 0 bridgehead atoms. The Bertz CT molecular complexity index is 239. The first-order valence-corrected chi connectivity index (χ1v) is 4.83. The quantitative estimate of drug-likeness (QED) is 0.598. The van der Waals surface area contributed by atoms with Gasteiger partial charge in [0.2, 0.25) is 0 Å². The molecule has 0 amide bonds. The van der Waals surface area contributed by atoms with Crippen molar-refractivity contribution in [2.45, 2.75) is 18.6 Å². The van der Waals surface area contributed by atoms with E-state index in [-0.39, 0.29) is 17.9 Å². The van der Waals surface area contributed by atoms with Crippen LogP contribution in [0.1, 0.15) is 6.92 Å². The predicted octanol–water partition coefficient (Wildman–Crippen LogP) is -0.708. The van der Waals surface area contributed by atoms with E-state index >= 15 is 0 Å². The van der Waals surface area contributed by atoms with Crippen LogP contribution in [0.3, 0.4) is 0 Å². The minimum Gasteiger partial charge on any atom is -0.466 e. The lowest BCUT2D eigenvalue weighted by Gasteiger charge is -2.40. The van der Waals surface area contributed by atoms with Crippen molar-refractivity contribution < 1.29 is 19.0 Å². The maximum absolute atomic E-state index is 11.6. The van der Waals surface area contributed by atoms with Crippen molar-refractivity contribution in [1.82, 2.24) is 0 Å². The number of carbonyl (C=O) groups excluding carboxylic acids is 1. The van der Waals surface area contributed by atoms with Crippen LogP contribution in [0.5, 0.6) is 0 Å². The van der Waals surface area contributed by atoms with E-state index in [0.29, 0.717) is 26.4 Å². The average Bonchev–Trinajstić information content (AvgIpc) is 2.42. The van der Waals surface area contributed by atoms with E-state index in [1.54, 1.807) is 6.92 Å². The molecule has 0 saturated carbocycles. The number of carbonyl (C=O) groups is 1. The fourth-order valence-electron chi connectivity index (χ4n) is 2.03. The molecular weight excluding hydrogens is 186 g/mol. The summed E-state index contributed by atoms with van der Waals surface area (Å²) in [5.41, 5.74) is 5.32. The minimum absolute atomic E-state index is 0.263. The van der Waals surface area contributed by atoms with E-state index in [1.165, 1.54) is 0 Å². The second kappa shape index (κ2) is 3.49. The van der Waals surface area contributed by atoms with E-state index in [9.17, 15) is 4.79 Å². The van der Waals surface area contributed by atoms with Crippen LogP contribution >= 0.6 is 0 Å². The first-order chi connectivity index (χ1) is 6.69. The summed E-state index contributed by atoms with van der Waals surface area (Å²) in [7, 11) is 0. The minimum atomic E-state index is -0.494. The number of rotatable bonds is 2. The van der Waals surface area contributed by atoms with Gasteiger partial charge in [0.25, 0.3) is 0 Å². The van der Waals surface area contributed by atoms with Gasteiger partial charge in [0.1, 0.15) is 11.5 Å². The summed E-state index contributed by atoms with van der Waals surface area (Å²) in [4.78, 5) is 11.6. The lowest BCUT2D eigenvalue weighted by atomic mass is 9.83. The van der Waals surface area contributed by atoms with Crippen molar-refractivity contribution in [3.05, 3.63) is 0 Å². The smallest absolute Gasteiger partial charge is 0.313 e. The molecular formula is C9H15NO4. The van der Waals surface area contributed by atoms with Gasteiger partial charge in [-0.2, -0.15) is 0 Å². The number of hydrogen-bond donors (Lipinski definition) is 1. The zero-order chi connectivity index (χ0) is 10.2. The highest BCUT2D eigenvalue weighted by atomic mass is 16.6. The summed E-state index contributed by atoms with van der Waals surface area (Å²) in [6.07, 6.45) is 0. The number of ether oxygens (including phenoxy) is 3. The average molecular weight is 201 g/mol. The standard InChI is InChI=1S/C9H15NO4/c1-2-13-8(11)7-6(10)3-14-9(7)4-12-5-9/h6-7H,2-5,10H2,1H3. The van der Waals surface area contributed by atoms with Crippen molar-refractivity contribution in [2.75, 3.05) is 26.4 Å². The lowest BCUT2D eigenvalue weighted by Crippen LogP contribution is -2.58. The Balaban J connectivity index is 2.09. The Kier molecular flexibility index (Phi) is 2.47. The van der Waals surface area contributed by atoms with Crippen LogP contribution < -0.4 is 5.73 Å². The van der Waals surface area contributed by atoms with E-state index in [4.69, 9.17) is 19.9 Å². The molecule has 5 nitrogen and oxygen atoms in total. The van der Waals surface area contributed by atoms with E-state index in [0.717, 1.165) is 0 Å². The van der Waals surface area contributed by atoms with Crippen molar-refractivity contribution >= 4 is 5.97 Å². The van der Waals surface area contributed by atoms with Gasteiger partial charge in [-0.1, -0.05) is 0 Å². The maximum atomic E-state index is 11.6. The van der Waals surface area contributed by atoms with Gasteiger partial charge in [0, 0.05) is 6.04 Å². The molecule has 2 heterocycles. The molecule has 14 heavy (non-hydrogen) atoms. The van der Waals surface area contributed by atoms with Gasteiger partial charge in [0.15, 0.2) is 0 Å². The van der Waals surface area contributed by atoms with Gasteiger partial charge < -0.3 is 19.9 Å². The Labute approximate surface area is 82.5 Å². The molecule has 2 rings (SSSR count). The number of hydrogen-bond acceptors (Lipinski definition) is 5. The van der Waals surface area contributed by atoms with Crippen LogP contribution in [0.4, 0.5) is 0 Å². The van der Waals surface area contributed by atoms with Crippen LogP contribution in [0.2, 0.25) is 0 Å². The van der Waals surface area contributed by atoms with Gasteiger partial charge >= 0.3 is 5.97 Å². The molecule has 5 heteroatoms. The molecule has 2 unspecified atom stereocenters. The number of nitrogens with two attached hydrogens (primary N) is 1. The van der Waals surface area contributed by atoms with Crippen molar-refractivity contribution in [3.63, 3.8) is 0 Å². The molecule has 2 fully saturated rings. The van der Waals surface area contributed by atoms with Gasteiger partial charge in [-0.15, -0.1) is 0 Å². The molecule has 0 aliphatic carbocycles. The molecule has 2 N–H and O–H groups in total. The van der Waals surface area contributed by atoms with Gasteiger partial charge in [-0.25, -0.2) is 0 Å². The van der Waals surface area contributed by atoms with E-state index in [1.807, 2.05) is 0 Å². The largest absolute Gasteiger partial charge is 0.466 e. The zero-order valence-electron chi connectivity index (χ0n) is 8.19. The Morgan fingerprint density at radius 1 is 1.64 bits per heavy atom. The Hall–Kier alpha value is -0.650. The first kappa shape index (κ1) is 9.89. The van der Waals surface area contributed by atoms with E-state index < -0.39 is 5.60 Å². The van der Waals surface area contributed by atoms with Crippen LogP contribution in [0.15, 0.2) is 0 Å². The summed E-state index contributed by atoms with van der Waals surface area (Å²) in [6.45, 7) is 3.46. The third-order valence-corrected chi connectivity index (χ3v) is 2.79. The molecule has 80 valence electrons. The highest BCUT2D eigenvalue weighted by molar-refractivity contribution is 5.75. The van der Waals surface area contributed by atoms with Crippen molar-refractivity contribution in [1.29, 1.82) is 0 Å². The normalized spacial score (nSPS) is 34.1. The second-order valence-corrected chi connectivity index (χ2v) is 3.76. The topological polar surface area (TPSA) is 70.8 Å². The summed E-state index contributed by atoms with van der Waals surface area (Å²) in [5.74, 6) is -0.628. The Morgan fingerprint density at radius 2 is 2.36 bits per heavy atom. The van der Waals surface area contributed by atoms with Gasteiger partial charge in [-0.3, -0.25) is 4.79 Å². The maximum Gasteiger partial charge on any atom is 0.313 e. The van der Waals surface area contributed by atoms with Crippen LogP contribution in [0, 0.1) is 5.92 Å². The molecule has 0 aromatic rings. The molecule has 2 aliphatic rings. The van der Waals surface area contributed by atoms with Gasteiger partial charge in [0.05, 0.1) is 26.4 Å². The molecule has 0 aromatic carbocycles. The summed E-state index contributed by atoms with van der Waals surface area (Å²) in [6, 6.07) is -0.266. The fourth-order valence-corrected chi connectivity index (χ4v) is 2.03. The highest BCUT2D eigenvalue weighted by Crippen LogP contribution is 2.38. The third-order valence-electron chi connectivity index (χ3n) is 2.79. The molecule has 0 aromatic heterocycles. The first-order valence-electron chi connectivity index (χ1n) is 4.83. The lowest BCUT2D eigenvalue weighted by molar-refractivity contribution is -0.210. The SMILES string of the molecule is CCOC(=O)C1C(N)COC12COC2. The second-order valence-electron chi connectivity index (χ2n) is 3.76. The van der Waals surface area contributed by atoms with Crippen LogP contribution in [-0.4, -0.2) is 44.0 Å². The monoisotopic (exact) mass is 201 g/mol. The fraction of sp³-hybridized carbons (Fsp3) is 0.889. The van der Waals surface area contributed by atoms with Crippen molar-refractivity contribution in [3.8, 4) is 0 Å².